The van der Waals surface area contributed by atoms with Crippen molar-refractivity contribution in [3.05, 3.63) is 86.7 Å². The van der Waals surface area contributed by atoms with Crippen LogP contribution in [0.3, 0.4) is 0 Å². The molecule has 0 radical (unpaired) electrons. The number of rotatable bonds is 7. The molecule has 37 heavy (non-hydrogen) atoms. The molecule has 7 nitrogen and oxygen atoms in total. The Balaban J connectivity index is 1.42. The normalized spacial score (nSPS) is 18.5. The molecule has 2 aliphatic rings. The third-order valence-electron chi connectivity index (χ3n) is 6.77. The molecular formula is C28H31Cl2N3O4. The number of piperazine rings is 1. The Kier molecular flexibility index (Phi) is 8.79. The van der Waals surface area contributed by atoms with E-state index in [2.05, 4.69) is 15.1 Å². The number of allylic oxidation sites excluding steroid dienone is 2. The van der Waals surface area contributed by atoms with Crippen molar-refractivity contribution >= 4 is 40.8 Å². The summed E-state index contributed by atoms with van der Waals surface area (Å²) in [6.07, 6.45) is 0. The number of ether oxygens (including phenoxy) is 2. The summed E-state index contributed by atoms with van der Waals surface area (Å²) in [5.41, 5.74) is 3.75. The molecule has 2 aromatic rings. The summed E-state index contributed by atoms with van der Waals surface area (Å²) in [5, 5.41) is 4.42. The smallest absolute Gasteiger partial charge is 0.336 e. The quantitative estimate of drug-likeness (QED) is 0.504. The van der Waals surface area contributed by atoms with E-state index >= 15 is 0 Å². The van der Waals surface area contributed by atoms with Gasteiger partial charge in [0.25, 0.3) is 0 Å². The van der Waals surface area contributed by atoms with Crippen molar-refractivity contribution in [2.24, 2.45) is 0 Å². The topological polar surface area (TPSA) is 71.1 Å². The Labute approximate surface area is 227 Å². The summed E-state index contributed by atoms with van der Waals surface area (Å²) in [6.45, 7) is 7.81. The first-order valence-electron chi connectivity index (χ1n) is 12.2. The Morgan fingerprint density at radius 3 is 2.27 bits per heavy atom. The number of benzene rings is 2. The first-order valence-corrected chi connectivity index (χ1v) is 13.0. The van der Waals surface area contributed by atoms with E-state index in [0.29, 0.717) is 34.1 Å². The molecule has 0 spiro atoms. The van der Waals surface area contributed by atoms with Gasteiger partial charge in [0.2, 0.25) is 0 Å². The minimum absolute atomic E-state index is 0.236. The van der Waals surface area contributed by atoms with Crippen LogP contribution in [-0.2, 0) is 19.1 Å². The Hall–Kier alpha value is -3.00. The minimum Gasteiger partial charge on any atom is -0.466 e. The van der Waals surface area contributed by atoms with Gasteiger partial charge in [-0.2, -0.15) is 0 Å². The first-order chi connectivity index (χ1) is 17.8. The average molecular weight is 544 g/mol. The number of para-hydroxylation sites is 1. The van der Waals surface area contributed by atoms with Crippen LogP contribution in [0.2, 0.25) is 10.0 Å². The van der Waals surface area contributed by atoms with E-state index < -0.39 is 17.9 Å². The van der Waals surface area contributed by atoms with Gasteiger partial charge in [-0.25, -0.2) is 9.59 Å². The van der Waals surface area contributed by atoms with Crippen LogP contribution in [0.25, 0.3) is 0 Å². The molecule has 0 aliphatic carbocycles. The van der Waals surface area contributed by atoms with Gasteiger partial charge in [0.15, 0.2) is 0 Å². The molecule has 0 aromatic heterocycles. The maximum absolute atomic E-state index is 13.4. The van der Waals surface area contributed by atoms with Crippen LogP contribution in [0.15, 0.2) is 71.1 Å². The molecule has 4 rings (SSSR count). The van der Waals surface area contributed by atoms with E-state index in [1.165, 1.54) is 7.11 Å². The summed E-state index contributed by atoms with van der Waals surface area (Å²) < 4.78 is 10.8. The molecule has 2 aliphatic heterocycles. The molecular weight excluding hydrogens is 513 g/mol. The summed E-state index contributed by atoms with van der Waals surface area (Å²) in [4.78, 5) is 30.7. The van der Waals surface area contributed by atoms with E-state index in [4.69, 9.17) is 32.7 Å². The lowest BCUT2D eigenvalue weighted by molar-refractivity contribution is -0.140. The molecule has 196 valence electrons. The molecule has 1 unspecified atom stereocenters. The van der Waals surface area contributed by atoms with Crippen LogP contribution in [-0.4, -0.2) is 63.3 Å². The number of dihydropyridines is 1. The SMILES string of the molecule is COC(=O)C1=C(C)NC(C)=C(C(=O)OCCN2CCN(c3ccccc3Cl)CC2)C1c1cccc(Cl)c1. The summed E-state index contributed by atoms with van der Waals surface area (Å²) in [6, 6.07) is 15.0. The zero-order chi connectivity index (χ0) is 26.5. The van der Waals surface area contributed by atoms with Gasteiger partial charge in [-0.1, -0.05) is 47.5 Å². The van der Waals surface area contributed by atoms with E-state index in [1.54, 1.807) is 32.0 Å². The van der Waals surface area contributed by atoms with Crippen LogP contribution in [0.4, 0.5) is 5.69 Å². The van der Waals surface area contributed by atoms with Gasteiger partial charge >= 0.3 is 11.9 Å². The fourth-order valence-electron chi connectivity index (χ4n) is 4.93. The Morgan fingerprint density at radius 1 is 0.946 bits per heavy atom. The zero-order valence-electron chi connectivity index (χ0n) is 21.2. The van der Waals surface area contributed by atoms with Crippen LogP contribution in [0.5, 0.6) is 0 Å². The second-order valence-electron chi connectivity index (χ2n) is 9.10. The standard InChI is InChI=1S/C28H31Cl2N3O4/c1-18-24(27(34)36-3)26(20-7-6-8-21(29)17-20)25(19(2)31-18)28(35)37-16-15-32-11-13-33(14-12-32)23-10-5-4-9-22(23)30/h4-10,17,26,31H,11-16H2,1-3H3. The molecule has 1 atom stereocenters. The van der Waals surface area contributed by atoms with Crippen molar-refractivity contribution in [2.75, 3.05) is 51.3 Å². The van der Waals surface area contributed by atoms with Crippen molar-refractivity contribution in [3.8, 4) is 0 Å². The Morgan fingerprint density at radius 2 is 1.62 bits per heavy atom. The summed E-state index contributed by atoms with van der Waals surface area (Å²) in [5.74, 6) is -1.64. The lowest BCUT2D eigenvalue weighted by Gasteiger charge is -2.36. The highest BCUT2D eigenvalue weighted by Gasteiger charge is 2.38. The lowest BCUT2D eigenvalue weighted by Crippen LogP contribution is -2.47. The van der Waals surface area contributed by atoms with Gasteiger partial charge in [-0.05, 0) is 43.7 Å². The van der Waals surface area contributed by atoms with Crippen LogP contribution < -0.4 is 10.2 Å². The third kappa shape index (κ3) is 6.12. The van der Waals surface area contributed by atoms with Gasteiger partial charge in [0, 0.05) is 49.1 Å². The summed E-state index contributed by atoms with van der Waals surface area (Å²) in [7, 11) is 1.33. The fourth-order valence-corrected chi connectivity index (χ4v) is 5.38. The second-order valence-corrected chi connectivity index (χ2v) is 9.94. The highest BCUT2D eigenvalue weighted by atomic mass is 35.5. The fraction of sp³-hybridized carbons (Fsp3) is 0.357. The molecule has 2 heterocycles. The van der Waals surface area contributed by atoms with Crippen molar-refractivity contribution in [3.63, 3.8) is 0 Å². The van der Waals surface area contributed by atoms with Crippen molar-refractivity contribution in [1.29, 1.82) is 0 Å². The number of halogens is 2. The maximum Gasteiger partial charge on any atom is 0.336 e. The van der Waals surface area contributed by atoms with Crippen LogP contribution >= 0.6 is 23.2 Å². The number of methoxy groups -OCH3 is 1. The molecule has 1 N–H and O–H groups in total. The number of esters is 2. The highest BCUT2D eigenvalue weighted by Crippen LogP contribution is 2.39. The highest BCUT2D eigenvalue weighted by molar-refractivity contribution is 6.33. The van der Waals surface area contributed by atoms with Gasteiger partial charge in [-0.3, -0.25) is 4.90 Å². The van der Waals surface area contributed by atoms with Crippen LogP contribution in [0.1, 0.15) is 25.3 Å². The number of hydrogen-bond donors (Lipinski definition) is 1. The number of hydrogen-bond acceptors (Lipinski definition) is 7. The molecule has 0 bridgehead atoms. The van der Waals surface area contributed by atoms with E-state index in [1.807, 2.05) is 30.3 Å². The van der Waals surface area contributed by atoms with Crippen molar-refractivity contribution in [2.45, 2.75) is 19.8 Å². The van der Waals surface area contributed by atoms with E-state index in [0.717, 1.165) is 42.5 Å². The molecule has 0 amide bonds. The number of nitrogens with one attached hydrogen (secondary N) is 1. The number of nitrogens with zero attached hydrogens (tertiary/aromatic N) is 2. The van der Waals surface area contributed by atoms with Crippen molar-refractivity contribution in [1.82, 2.24) is 10.2 Å². The van der Waals surface area contributed by atoms with Gasteiger partial charge < -0.3 is 19.7 Å². The largest absolute Gasteiger partial charge is 0.466 e. The number of carbonyl (C=O) groups excluding carboxylic acids is 2. The lowest BCUT2D eigenvalue weighted by atomic mass is 9.80. The van der Waals surface area contributed by atoms with Gasteiger partial charge in [0.05, 0.1) is 34.9 Å². The second kappa shape index (κ2) is 12.0. The molecule has 2 aromatic carbocycles. The predicted molar refractivity (Wildman–Crippen MR) is 146 cm³/mol. The zero-order valence-corrected chi connectivity index (χ0v) is 22.7. The van der Waals surface area contributed by atoms with E-state index in [9.17, 15) is 9.59 Å². The monoisotopic (exact) mass is 543 g/mol. The van der Waals surface area contributed by atoms with Crippen molar-refractivity contribution < 1.29 is 19.1 Å². The van der Waals surface area contributed by atoms with Crippen LogP contribution in [0, 0.1) is 0 Å². The predicted octanol–water partition coefficient (Wildman–Crippen LogP) is 4.77. The third-order valence-corrected chi connectivity index (χ3v) is 7.33. The van der Waals surface area contributed by atoms with E-state index in [-0.39, 0.29) is 6.61 Å². The minimum atomic E-state index is -0.654. The molecule has 0 saturated carbocycles. The first kappa shape index (κ1) is 27.0. The van der Waals surface area contributed by atoms with Gasteiger partial charge in [-0.15, -0.1) is 0 Å². The Bertz CT molecular complexity index is 1240. The molecule has 1 saturated heterocycles. The number of carbonyl (C=O) groups is 2. The molecule has 9 heteroatoms. The average Bonchev–Trinajstić information content (AvgIpc) is 2.88. The molecule has 1 fully saturated rings. The summed E-state index contributed by atoms with van der Waals surface area (Å²) >= 11 is 12.6. The van der Waals surface area contributed by atoms with Gasteiger partial charge in [0.1, 0.15) is 6.61 Å². The maximum atomic E-state index is 13.4. The number of anilines is 1.